The van der Waals surface area contributed by atoms with Crippen molar-refractivity contribution in [1.29, 1.82) is 0 Å². The summed E-state index contributed by atoms with van der Waals surface area (Å²) in [6, 6.07) is 27.0. The van der Waals surface area contributed by atoms with Gasteiger partial charge in [0.25, 0.3) is 0 Å². The molecule has 0 N–H and O–H groups in total. The number of rotatable bonds is 6. The van der Waals surface area contributed by atoms with Crippen molar-refractivity contribution in [2.45, 2.75) is 12.8 Å². The molecule has 0 saturated heterocycles. The monoisotopic (exact) mass is 302 g/mol. The van der Waals surface area contributed by atoms with Crippen LogP contribution >= 0.6 is 0 Å². The quantitative estimate of drug-likeness (QED) is 0.578. The minimum absolute atomic E-state index is 0.153. The zero-order valence-electron chi connectivity index (χ0n) is 12.8. The van der Waals surface area contributed by atoms with Crippen LogP contribution < -0.4 is 4.74 Å². The van der Waals surface area contributed by atoms with Crippen molar-refractivity contribution >= 4 is 5.78 Å². The van der Waals surface area contributed by atoms with Crippen LogP contribution in [0.2, 0.25) is 0 Å². The third-order valence-corrected chi connectivity index (χ3v) is 3.64. The smallest absolute Gasteiger partial charge is 0.163 e. The minimum atomic E-state index is 0.153. The van der Waals surface area contributed by atoms with Crippen molar-refractivity contribution in [3.8, 4) is 11.5 Å². The van der Waals surface area contributed by atoms with Crippen LogP contribution in [0.1, 0.15) is 22.3 Å². The molecule has 3 aromatic rings. The van der Waals surface area contributed by atoms with E-state index in [-0.39, 0.29) is 5.78 Å². The van der Waals surface area contributed by atoms with Gasteiger partial charge in [-0.2, -0.15) is 0 Å². The van der Waals surface area contributed by atoms with Crippen LogP contribution in [0.3, 0.4) is 0 Å². The maximum atomic E-state index is 12.2. The number of ether oxygens (including phenoxy) is 1. The minimum Gasteiger partial charge on any atom is -0.457 e. The van der Waals surface area contributed by atoms with Gasteiger partial charge < -0.3 is 4.74 Å². The number of benzene rings is 3. The van der Waals surface area contributed by atoms with Gasteiger partial charge in [0, 0.05) is 12.0 Å². The van der Waals surface area contributed by atoms with Crippen molar-refractivity contribution in [3.63, 3.8) is 0 Å². The second-order valence-corrected chi connectivity index (χ2v) is 5.35. The van der Waals surface area contributed by atoms with Crippen LogP contribution in [0.4, 0.5) is 0 Å². The molecule has 2 nitrogen and oxygen atoms in total. The second-order valence-electron chi connectivity index (χ2n) is 5.35. The van der Waals surface area contributed by atoms with Crippen LogP contribution in [0, 0.1) is 0 Å². The number of para-hydroxylation sites is 1. The van der Waals surface area contributed by atoms with E-state index in [1.54, 1.807) is 0 Å². The molecule has 0 aliphatic carbocycles. The van der Waals surface area contributed by atoms with Crippen molar-refractivity contribution < 1.29 is 9.53 Å². The molecule has 23 heavy (non-hydrogen) atoms. The van der Waals surface area contributed by atoms with E-state index >= 15 is 0 Å². The summed E-state index contributed by atoms with van der Waals surface area (Å²) in [7, 11) is 0. The third-order valence-electron chi connectivity index (χ3n) is 3.64. The van der Waals surface area contributed by atoms with Gasteiger partial charge in [-0.05, 0) is 48.4 Å². The molecular weight excluding hydrogens is 284 g/mol. The molecule has 0 radical (unpaired) electrons. The highest BCUT2D eigenvalue weighted by Gasteiger charge is 2.06. The Morgan fingerprint density at radius 3 is 1.91 bits per heavy atom. The summed E-state index contributed by atoms with van der Waals surface area (Å²) in [4.78, 5) is 12.2. The Kier molecular flexibility index (Phi) is 4.85. The molecule has 114 valence electrons. The van der Waals surface area contributed by atoms with Gasteiger partial charge in [0.2, 0.25) is 0 Å². The lowest BCUT2D eigenvalue weighted by Crippen LogP contribution is -2.01. The van der Waals surface area contributed by atoms with Crippen molar-refractivity contribution in [3.05, 3.63) is 96.1 Å². The first-order chi connectivity index (χ1) is 11.3. The largest absolute Gasteiger partial charge is 0.457 e. The first-order valence-electron chi connectivity index (χ1n) is 7.71. The number of carbonyl (C=O) groups is 1. The summed E-state index contributed by atoms with van der Waals surface area (Å²) in [6.07, 6.45) is 1.28. The summed E-state index contributed by atoms with van der Waals surface area (Å²) in [5, 5.41) is 0. The molecule has 0 fully saturated rings. The van der Waals surface area contributed by atoms with Crippen molar-refractivity contribution in [1.82, 2.24) is 0 Å². The zero-order chi connectivity index (χ0) is 15.9. The van der Waals surface area contributed by atoms with Crippen LogP contribution in [-0.4, -0.2) is 5.78 Å². The lowest BCUT2D eigenvalue weighted by Gasteiger charge is -2.06. The molecule has 0 spiro atoms. The fraction of sp³-hybridized carbons (Fsp3) is 0.0952. The predicted octanol–water partition coefficient (Wildman–Crippen LogP) is 5.29. The van der Waals surface area contributed by atoms with Gasteiger partial charge in [0.05, 0.1) is 0 Å². The summed E-state index contributed by atoms with van der Waals surface area (Å²) in [6.45, 7) is 0. The molecule has 3 rings (SSSR count). The SMILES string of the molecule is O=C(CCc1ccccc1)c1ccc(Oc2ccccc2)cc1. The molecule has 0 heterocycles. The van der Waals surface area contributed by atoms with E-state index in [1.165, 1.54) is 5.56 Å². The number of hydrogen-bond donors (Lipinski definition) is 0. The molecule has 0 amide bonds. The highest BCUT2D eigenvalue weighted by Crippen LogP contribution is 2.21. The normalized spacial score (nSPS) is 10.3. The maximum Gasteiger partial charge on any atom is 0.163 e. The number of Topliss-reactive ketones (excluding diaryl/α,β-unsaturated/α-hetero) is 1. The molecule has 0 unspecified atom stereocenters. The van der Waals surface area contributed by atoms with Crippen molar-refractivity contribution in [2.75, 3.05) is 0 Å². The van der Waals surface area contributed by atoms with Gasteiger partial charge in [0.15, 0.2) is 5.78 Å². The van der Waals surface area contributed by atoms with Crippen LogP contribution in [-0.2, 0) is 6.42 Å². The molecular formula is C21H18O2. The Balaban J connectivity index is 1.59. The Hall–Kier alpha value is -2.87. The van der Waals surface area contributed by atoms with Gasteiger partial charge in [-0.1, -0.05) is 48.5 Å². The number of carbonyl (C=O) groups excluding carboxylic acids is 1. The Morgan fingerprint density at radius 2 is 1.26 bits per heavy atom. The molecule has 0 aliphatic heterocycles. The molecule has 0 atom stereocenters. The average Bonchev–Trinajstić information content (AvgIpc) is 2.62. The highest BCUT2D eigenvalue weighted by molar-refractivity contribution is 5.96. The van der Waals surface area contributed by atoms with Crippen LogP contribution in [0.5, 0.6) is 11.5 Å². The van der Waals surface area contributed by atoms with E-state index in [4.69, 9.17) is 4.74 Å². The zero-order valence-corrected chi connectivity index (χ0v) is 12.8. The number of hydrogen-bond acceptors (Lipinski definition) is 2. The standard InChI is InChI=1S/C21H18O2/c22-21(16-11-17-7-3-1-4-8-17)18-12-14-20(15-13-18)23-19-9-5-2-6-10-19/h1-10,12-15H,11,16H2. The van der Waals surface area contributed by atoms with Gasteiger partial charge in [-0.25, -0.2) is 0 Å². The number of aryl methyl sites for hydroxylation is 1. The van der Waals surface area contributed by atoms with Gasteiger partial charge in [-0.3, -0.25) is 4.79 Å². The maximum absolute atomic E-state index is 12.2. The van der Waals surface area contributed by atoms with E-state index in [9.17, 15) is 4.79 Å². The van der Waals surface area contributed by atoms with E-state index in [2.05, 4.69) is 0 Å². The Morgan fingerprint density at radius 1 is 0.696 bits per heavy atom. The summed E-state index contributed by atoms with van der Waals surface area (Å²) < 4.78 is 5.73. The fourth-order valence-corrected chi connectivity index (χ4v) is 2.38. The lowest BCUT2D eigenvalue weighted by atomic mass is 10.0. The molecule has 0 aliphatic rings. The molecule has 0 saturated carbocycles. The van der Waals surface area contributed by atoms with Crippen LogP contribution in [0.15, 0.2) is 84.9 Å². The van der Waals surface area contributed by atoms with Crippen LogP contribution in [0.25, 0.3) is 0 Å². The fourth-order valence-electron chi connectivity index (χ4n) is 2.38. The van der Waals surface area contributed by atoms with Crippen molar-refractivity contribution in [2.24, 2.45) is 0 Å². The van der Waals surface area contributed by atoms with E-state index in [0.717, 1.165) is 23.5 Å². The first kappa shape index (κ1) is 15.0. The third kappa shape index (κ3) is 4.30. The number of ketones is 1. The molecule has 3 aromatic carbocycles. The average molecular weight is 302 g/mol. The summed E-state index contributed by atoms with van der Waals surface area (Å²) in [5.41, 5.74) is 1.91. The van der Waals surface area contributed by atoms with Gasteiger partial charge in [0.1, 0.15) is 11.5 Å². The molecule has 0 bridgehead atoms. The molecule has 0 aromatic heterocycles. The van der Waals surface area contributed by atoms with Gasteiger partial charge in [-0.15, -0.1) is 0 Å². The van der Waals surface area contributed by atoms with E-state index in [1.807, 2.05) is 84.9 Å². The predicted molar refractivity (Wildman–Crippen MR) is 92.1 cm³/mol. The highest BCUT2D eigenvalue weighted by atomic mass is 16.5. The Bertz CT molecular complexity index is 747. The Labute approximate surface area is 136 Å². The summed E-state index contributed by atoms with van der Waals surface area (Å²) in [5.74, 6) is 1.67. The molecule has 2 heteroatoms. The lowest BCUT2D eigenvalue weighted by molar-refractivity contribution is 0.0983. The topological polar surface area (TPSA) is 26.3 Å². The second kappa shape index (κ2) is 7.41. The summed E-state index contributed by atoms with van der Waals surface area (Å²) >= 11 is 0. The van der Waals surface area contributed by atoms with Gasteiger partial charge >= 0.3 is 0 Å². The van der Waals surface area contributed by atoms with E-state index in [0.29, 0.717) is 6.42 Å². The van der Waals surface area contributed by atoms with E-state index < -0.39 is 0 Å². The first-order valence-corrected chi connectivity index (χ1v) is 7.71.